The second kappa shape index (κ2) is 4.90. The Morgan fingerprint density at radius 2 is 2.11 bits per heavy atom. The van der Waals surface area contributed by atoms with Gasteiger partial charge in [0.05, 0.1) is 7.11 Å². The first-order valence-electron chi connectivity index (χ1n) is 6.96. The van der Waals surface area contributed by atoms with Gasteiger partial charge in [0, 0.05) is 25.2 Å². The Morgan fingerprint density at radius 3 is 2.78 bits per heavy atom. The van der Waals surface area contributed by atoms with E-state index in [1.54, 1.807) is 7.11 Å². The van der Waals surface area contributed by atoms with Gasteiger partial charge in [-0.25, -0.2) is 0 Å². The minimum absolute atomic E-state index is 0.387. The predicted octanol–water partition coefficient (Wildman–Crippen LogP) is 2.45. The molecule has 1 aliphatic carbocycles. The van der Waals surface area contributed by atoms with Gasteiger partial charge < -0.3 is 10.5 Å². The molecule has 1 aromatic carbocycles. The maximum absolute atomic E-state index is 6.02. The van der Waals surface area contributed by atoms with Gasteiger partial charge in [-0.05, 0) is 36.1 Å². The van der Waals surface area contributed by atoms with Gasteiger partial charge in [-0.3, -0.25) is 4.90 Å². The summed E-state index contributed by atoms with van der Waals surface area (Å²) in [4.78, 5) is 2.61. The molecule has 2 aliphatic rings. The molecule has 1 heterocycles. The zero-order chi connectivity index (χ0) is 12.5. The molecular weight excluding hydrogens is 224 g/mol. The molecule has 0 bridgehead atoms. The largest absolute Gasteiger partial charge is 0.497 e. The van der Waals surface area contributed by atoms with E-state index in [1.807, 2.05) is 0 Å². The molecule has 1 fully saturated rings. The Hall–Kier alpha value is -1.06. The Morgan fingerprint density at radius 1 is 1.33 bits per heavy atom. The third-order valence-corrected chi connectivity index (χ3v) is 4.48. The quantitative estimate of drug-likeness (QED) is 0.890. The van der Waals surface area contributed by atoms with Gasteiger partial charge >= 0.3 is 0 Å². The molecule has 0 spiro atoms. The molecule has 0 amide bonds. The molecule has 18 heavy (non-hydrogen) atoms. The summed E-state index contributed by atoms with van der Waals surface area (Å²) >= 11 is 0. The van der Waals surface area contributed by atoms with Crippen LogP contribution in [0.15, 0.2) is 18.2 Å². The van der Waals surface area contributed by atoms with Crippen LogP contribution in [0.25, 0.3) is 0 Å². The van der Waals surface area contributed by atoms with Crippen molar-refractivity contribution in [3.63, 3.8) is 0 Å². The molecular formula is C15H22N2O. The number of hydrogen-bond acceptors (Lipinski definition) is 3. The van der Waals surface area contributed by atoms with Crippen LogP contribution in [0.2, 0.25) is 0 Å². The molecule has 1 atom stereocenters. The highest BCUT2D eigenvalue weighted by atomic mass is 16.5. The van der Waals surface area contributed by atoms with Crippen LogP contribution in [0, 0.1) is 0 Å². The van der Waals surface area contributed by atoms with Gasteiger partial charge in [-0.15, -0.1) is 0 Å². The number of nitrogens with two attached hydrogens (primary N) is 1. The van der Waals surface area contributed by atoms with Crippen LogP contribution in [0.1, 0.15) is 42.9 Å². The Labute approximate surface area is 109 Å². The highest BCUT2D eigenvalue weighted by molar-refractivity contribution is 5.41. The van der Waals surface area contributed by atoms with Crippen molar-refractivity contribution in [2.75, 3.05) is 13.7 Å². The lowest BCUT2D eigenvalue weighted by molar-refractivity contribution is 0.152. The average molecular weight is 246 g/mol. The second-order valence-electron chi connectivity index (χ2n) is 5.43. The van der Waals surface area contributed by atoms with Crippen LogP contribution in [0.3, 0.4) is 0 Å². The van der Waals surface area contributed by atoms with Gasteiger partial charge in [-0.1, -0.05) is 18.9 Å². The van der Waals surface area contributed by atoms with E-state index < -0.39 is 0 Å². The van der Waals surface area contributed by atoms with E-state index in [-0.39, 0.29) is 0 Å². The van der Waals surface area contributed by atoms with Gasteiger partial charge in [0.2, 0.25) is 0 Å². The third kappa shape index (κ3) is 1.91. The number of hydrogen-bond donors (Lipinski definition) is 1. The van der Waals surface area contributed by atoms with Crippen molar-refractivity contribution in [2.45, 2.75) is 44.3 Å². The number of ether oxygens (including phenoxy) is 1. The zero-order valence-corrected chi connectivity index (χ0v) is 11.1. The molecule has 0 saturated heterocycles. The minimum Gasteiger partial charge on any atom is -0.497 e. The average Bonchev–Trinajstić information content (AvgIpc) is 3.04. The Bertz CT molecular complexity index is 427. The maximum atomic E-state index is 6.02. The second-order valence-corrected chi connectivity index (χ2v) is 5.43. The highest BCUT2D eigenvalue weighted by Crippen LogP contribution is 2.40. The zero-order valence-electron chi connectivity index (χ0n) is 11.1. The molecule has 2 N–H and O–H groups in total. The molecule has 0 radical (unpaired) electrons. The first kappa shape index (κ1) is 12.0. The van der Waals surface area contributed by atoms with Crippen LogP contribution in [-0.2, 0) is 6.54 Å². The van der Waals surface area contributed by atoms with Gasteiger partial charge in [0.25, 0.3) is 0 Å². The molecule has 1 saturated carbocycles. The van der Waals surface area contributed by atoms with Crippen LogP contribution in [0.4, 0.5) is 0 Å². The van der Waals surface area contributed by atoms with Gasteiger partial charge in [0.1, 0.15) is 5.75 Å². The molecule has 1 aliphatic heterocycles. The standard InChI is InChI=1S/C15H22N2O/c1-18-13-7-6-11-10-17(12-4-2-3-5-12)15(9-16)14(11)8-13/h6-8,12,15H,2-5,9-10,16H2,1H3. The van der Waals surface area contributed by atoms with Gasteiger partial charge in [0.15, 0.2) is 0 Å². The van der Waals surface area contributed by atoms with Crippen molar-refractivity contribution >= 4 is 0 Å². The van der Waals surface area contributed by atoms with Crippen molar-refractivity contribution < 1.29 is 4.74 Å². The van der Waals surface area contributed by atoms with Crippen LogP contribution in [-0.4, -0.2) is 24.6 Å². The first-order valence-corrected chi connectivity index (χ1v) is 6.96. The fourth-order valence-electron chi connectivity index (χ4n) is 3.52. The first-order chi connectivity index (χ1) is 8.83. The number of benzene rings is 1. The normalized spacial score (nSPS) is 24.4. The van der Waals surface area contributed by atoms with Gasteiger partial charge in [-0.2, -0.15) is 0 Å². The van der Waals surface area contributed by atoms with E-state index in [0.29, 0.717) is 12.6 Å². The fraction of sp³-hybridized carbons (Fsp3) is 0.600. The molecule has 1 aromatic rings. The van der Waals surface area contributed by atoms with Crippen LogP contribution >= 0.6 is 0 Å². The van der Waals surface area contributed by atoms with E-state index in [2.05, 4.69) is 23.1 Å². The van der Waals surface area contributed by atoms with Crippen molar-refractivity contribution in [1.29, 1.82) is 0 Å². The number of fused-ring (bicyclic) bond motifs is 1. The molecule has 0 aromatic heterocycles. The summed E-state index contributed by atoms with van der Waals surface area (Å²) in [6, 6.07) is 7.55. The van der Waals surface area contributed by atoms with Crippen molar-refractivity contribution in [3.05, 3.63) is 29.3 Å². The van der Waals surface area contributed by atoms with E-state index >= 15 is 0 Å². The maximum Gasteiger partial charge on any atom is 0.119 e. The molecule has 1 unspecified atom stereocenters. The van der Waals surface area contributed by atoms with E-state index in [4.69, 9.17) is 10.5 Å². The smallest absolute Gasteiger partial charge is 0.119 e. The van der Waals surface area contributed by atoms with Crippen LogP contribution in [0.5, 0.6) is 5.75 Å². The topological polar surface area (TPSA) is 38.5 Å². The summed E-state index contributed by atoms with van der Waals surface area (Å²) in [6.07, 6.45) is 5.42. The minimum atomic E-state index is 0.387. The molecule has 98 valence electrons. The molecule has 3 heteroatoms. The number of nitrogens with zero attached hydrogens (tertiary/aromatic N) is 1. The SMILES string of the molecule is COc1ccc2c(c1)C(CN)N(C1CCCC1)C2. The van der Waals surface area contributed by atoms with E-state index in [0.717, 1.165) is 18.3 Å². The Balaban J connectivity index is 1.89. The summed E-state index contributed by atoms with van der Waals surface area (Å²) in [6.45, 7) is 1.77. The Kier molecular flexibility index (Phi) is 3.27. The lowest BCUT2D eigenvalue weighted by Crippen LogP contribution is -2.35. The monoisotopic (exact) mass is 246 g/mol. The lowest BCUT2D eigenvalue weighted by Gasteiger charge is -2.30. The summed E-state index contributed by atoms with van der Waals surface area (Å²) in [5.74, 6) is 0.945. The summed E-state index contributed by atoms with van der Waals surface area (Å²) in [7, 11) is 1.73. The lowest BCUT2D eigenvalue weighted by atomic mass is 10.0. The third-order valence-electron chi connectivity index (χ3n) is 4.48. The summed E-state index contributed by atoms with van der Waals surface area (Å²) in [5.41, 5.74) is 8.82. The molecule has 3 nitrogen and oxygen atoms in total. The van der Waals surface area contributed by atoms with E-state index in [1.165, 1.54) is 36.8 Å². The van der Waals surface area contributed by atoms with Crippen LogP contribution < -0.4 is 10.5 Å². The van der Waals surface area contributed by atoms with Crippen molar-refractivity contribution in [1.82, 2.24) is 4.90 Å². The summed E-state index contributed by atoms with van der Waals surface area (Å²) < 4.78 is 5.33. The highest BCUT2D eigenvalue weighted by Gasteiger charge is 2.35. The number of methoxy groups -OCH3 is 1. The van der Waals surface area contributed by atoms with Crippen molar-refractivity contribution in [3.8, 4) is 5.75 Å². The fourth-order valence-corrected chi connectivity index (χ4v) is 3.52. The summed E-state index contributed by atoms with van der Waals surface area (Å²) in [5, 5.41) is 0. The van der Waals surface area contributed by atoms with E-state index in [9.17, 15) is 0 Å². The number of rotatable bonds is 3. The molecule has 3 rings (SSSR count). The predicted molar refractivity (Wildman–Crippen MR) is 72.6 cm³/mol. The van der Waals surface area contributed by atoms with Crippen molar-refractivity contribution in [2.24, 2.45) is 5.73 Å².